The average Bonchev–Trinajstić information content (AvgIpc) is 3.13. The molecule has 1 N–H and O–H groups in total. The van der Waals surface area contributed by atoms with E-state index in [0.717, 1.165) is 31.4 Å². The van der Waals surface area contributed by atoms with E-state index in [1.54, 1.807) is 11.3 Å². The molecule has 100 valence electrons. The predicted molar refractivity (Wildman–Crippen MR) is 79.8 cm³/mol. The van der Waals surface area contributed by atoms with Crippen LogP contribution in [0.4, 0.5) is 0 Å². The van der Waals surface area contributed by atoms with Gasteiger partial charge in [0.25, 0.3) is 0 Å². The van der Waals surface area contributed by atoms with Crippen molar-refractivity contribution < 1.29 is 4.74 Å². The van der Waals surface area contributed by atoms with E-state index in [1.165, 1.54) is 24.0 Å². The summed E-state index contributed by atoms with van der Waals surface area (Å²) in [5.74, 6) is 0.977. The first-order valence-corrected chi connectivity index (χ1v) is 7.80. The molecule has 1 fully saturated rings. The molecule has 1 aromatic heterocycles. The lowest BCUT2D eigenvalue weighted by molar-refractivity contribution is 0.321. The van der Waals surface area contributed by atoms with Crippen molar-refractivity contribution in [2.45, 2.75) is 31.8 Å². The first-order chi connectivity index (χ1) is 9.40. The van der Waals surface area contributed by atoms with Crippen LogP contribution in [0, 0.1) is 0 Å². The monoisotopic (exact) mass is 273 g/mol. The van der Waals surface area contributed by atoms with Crippen LogP contribution in [0.2, 0.25) is 0 Å². The van der Waals surface area contributed by atoms with Crippen LogP contribution in [-0.2, 0) is 13.0 Å². The van der Waals surface area contributed by atoms with Crippen molar-refractivity contribution >= 4 is 11.3 Å². The van der Waals surface area contributed by atoms with Crippen LogP contribution in [0.15, 0.2) is 41.1 Å². The zero-order valence-electron chi connectivity index (χ0n) is 11.0. The molecule has 0 radical (unpaired) electrons. The Morgan fingerprint density at radius 2 is 2.16 bits per heavy atom. The van der Waals surface area contributed by atoms with E-state index >= 15 is 0 Å². The van der Waals surface area contributed by atoms with Crippen LogP contribution in [-0.4, -0.2) is 12.6 Å². The van der Waals surface area contributed by atoms with Gasteiger partial charge in [-0.25, -0.2) is 0 Å². The quantitative estimate of drug-likeness (QED) is 0.832. The Kier molecular flexibility index (Phi) is 4.16. The van der Waals surface area contributed by atoms with Crippen molar-refractivity contribution in [2.24, 2.45) is 0 Å². The third-order valence-electron chi connectivity index (χ3n) is 3.31. The Balaban J connectivity index is 1.47. The summed E-state index contributed by atoms with van der Waals surface area (Å²) in [4.78, 5) is 0. The fourth-order valence-electron chi connectivity index (χ4n) is 2.02. The fourth-order valence-corrected chi connectivity index (χ4v) is 2.72. The smallest absolute Gasteiger partial charge is 0.119 e. The minimum absolute atomic E-state index is 0.746. The van der Waals surface area contributed by atoms with Gasteiger partial charge in [-0.2, -0.15) is 11.3 Å². The van der Waals surface area contributed by atoms with Gasteiger partial charge in [0.15, 0.2) is 0 Å². The highest BCUT2D eigenvalue weighted by Crippen LogP contribution is 2.20. The van der Waals surface area contributed by atoms with Gasteiger partial charge in [-0.05, 0) is 52.9 Å². The predicted octanol–water partition coefficient (Wildman–Crippen LogP) is 3.62. The number of hydrogen-bond acceptors (Lipinski definition) is 3. The molecule has 3 rings (SSSR count). The first-order valence-electron chi connectivity index (χ1n) is 6.86. The normalized spacial score (nSPS) is 14.5. The molecule has 0 saturated heterocycles. The summed E-state index contributed by atoms with van der Waals surface area (Å²) in [6.45, 7) is 1.70. The second-order valence-electron chi connectivity index (χ2n) is 5.03. The Morgan fingerprint density at radius 1 is 1.21 bits per heavy atom. The van der Waals surface area contributed by atoms with Gasteiger partial charge >= 0.3 is 0 Å². The molecule has 3 heteroatoms. The molecule has 0 bridgehead atoms. The first kappa shape index (κ1) is 12.7. The van der Waals surface area contributed by atoms with Gasteiger partial charge in [0.2, 0.25) is 0 Å². The molecule has 0 unspecified atom stereocenters. The lowest BCUT2D eigenvalue weighted by atomic mass is 10.2. The molecule has 1 aliphatic rings. The largest absolute Gasteiger partial charge is 0.493 e. The third kappa shape index (κ3) is 4.08. The molecule has 1 saturated carbocycles. The summed E-state index contributed by atoms with van der Waals surface area (Å²) in [5, 5.41) is 7.81. The van der Waals surface area contributed by atoms with E-state index in [1.807, 2.05) is 6.07 Å². The van der Waals surface area contributed by atoms with Crippen LogP contribution in [0.5, 0.6) is 5.75 Å². The molecule has 1 aromatic carbocycles. The SMILES string of the molecule is c1cc(CNC2CC2)cc(OCCc2ccsc2)c1. The Morgan fingerprint density at radius 3 is 2.95 bits per heavy atom. The Bertz CT molecular complexity index is 505. The second-order valence-corrected chi connectivity index (χ2v) is 5.81. The van der Waals surface area contributed by atoms with E-state index in [-0.39, 0.29) is 0 Å². The van der Waals surface area contributed by atoms with Crippen LogP contribution in [0.25, 0.3) is 0 Å². The van der Waals surface area contributed by atoms with Crippen molar-refractivity contribution in [3.63, 3.8) is 0 Å². The number of benzene rings is 1. The topological polar surface area (TPSA) is 21.3 Å². The van der Waals surface area contributed by atoms with Crippen LogP contribution in [0.3, 0.4) is 0 Å². The highest BCUT2D eigenvalue weighted by molar-refractivity contribution is 7.07. The minimum atomic E-state index is 0.746. The summed E-state index contributed by atoms with van der Waals surface area (Å²) in [5.41, 5.74) is 2.66. The van der Waals surface area contributed by atoms with E-state index in [2.05, 4.69) is 40.3 Å². The molecule has 1 aliphatic carbocycles. The Labute approximate surface area is 118 Å². The molecular weight excluding hydrogens is 254 g/mol. The minimum Gasteiger partial charge on any atom is -0.493 e. The summed E-state index contributed by atoms with van der Waals surface area (Å²) in [7, 11) is 0. The maximum Gasteiger partial charge on any atom is 0.119 e. The van der Waals surface area contributed by atoms with Crippen molar-refractivity contribution in [3.05, 3.63) is 52.2 Å². The number of thiophene rings is 1. The zero-order chi connectivity index (χ0) is 12.9. The van der Waals surface area contributed by atoms with Crippen LogP contribution in [0.1, 0.15) is 24.0 Å². The maximum atomic E-state index is 5.82. The van der Waals surface area contributed by atoms with E-state index in [4.69, 9.17) is 4.74 Å². The van der Waals surface area contributed by atoms with Crippen molar-refractivity contribution in [2.75, 3.05) is 6.61 Å². The lowest BCUT2D eigenvalue weighted by Crippen LogP contribution is -2.15. The zero-order valence-corrected chi connectivity index (χ0v) is 11.8. The molecule has 2 aromatic rings. The summed E-state index contributed by atoms with van der Waals surface area (Å²) >= 11 is 1.74. The van der Waals surface area contributed by atoms with Gasteiger partial charge in [0, 0.05) is 19.0 Å². The third-order valence-corrected chi connectivity index (χ3v) is 4.04. The van der Waals surface area contributed by atoms with Gasteiger partial charge in [0.1, 0.15) is 5.75 Å². The highest BCUT2D eigenvalue weighted by atomic mass is 32.1. The van der Waals surface area contributed by atoms with Gasteiger partial charge in [-0.1, -0.05) is 12.1 Å². The second kappa shape index (κ2) is 6.22. The summed E-state index contributed by atoms with van der Waals surface area (Å²) < 4.78 is 5.82. The summed E-state index contributed by atoms with van der Waals surface area (Å²) in [6.07, 6.45) is 3.64. The van der Waals surface area contributed by atoms with Crippen LogP contribution >= 0.6 is 11.3 Å². The molecule has 1 heterocycles. The van der Waals surface area contributed by atoms with Gasteiger partial charge in [-0.15, -0.1) is 0 Å². The molecular formula is C16H19NOS. The van der Waals surface area contributed by atoms with Gasteiger partial charge in [-0.3, -0.25) is 0 Å². The highest BCUT2D eigenvalue weighted by Gasteiger charge is 2.19. The number of hydrogen-bond donors (Lipinski definition) is 1. The van der Waals surface area contributed by atoms with Gasteiger partial charge < -0.3 is 10.1 Å². The summed E-state index contributed by atoms with van der Waals surface area (Å²) in [6, 6.07) is 11.3. The molecule has 19 heavy (non-hydrogen) atoms. The van der Waals surface area contributed by atoms with Crippen molar-refractivity contribution in [3.8, 4) is 5.75 Å². The average molecular weight is 273 g/mol. The van der Waals surface area contributed by atoms with E-state index in [9.17, 15) is 0 Å². The van der Waals surface area contributed by atoms with Crippen molar-refractivity contribution in [1.82, 2.24) is 5.32 Å². The number of nitrogens with one attached hydrogen (secondary N) is 1. The number of ether oxygens (including phenoxy) is 1. The maximum absolute atomic E-state index is 5.82. The molecule has 2 nitrogen and oxygen atoms in total. The van der Waals surface area contributed by atoms with E-state index < -0.39 is 0 Å². The molecule has 0 aliphatic heterocycles. The van der Waals surface area contributed by atoms with Gasteiger partial charge in [0.05, 0.1) is 6.61 Å². The molecule has 0 spiro atoms. The van der Waals surface area contributed by atoms with E-state index in [0.29, 0.717) is 0 Å². The molecule has 0 atom stereocenters. The van der Waals surface area contributed by atoms with Crippen molar-refractivity contribution in [1.29, 1.82) is 0 Å². The standard InChI is InChI=1S/C16H19NOS/c1-2-14(11-17-15-4-5-15)10-16(3-1)18-8-6-13-7-9-19-12-13/h1-3,7,9-10,12,15,17H,4-6,8,11H2. The number of rotatable bonds is 7. The molecule has 0 amide bonds. The Hall–Kier alpha value is -1.32. The van der Waals surface area contributed by atoms with Crippen LogP contribution < -0.4 is 10.1 Å². The fraction of sp³-hybridized carbons (Fsp3) is 0.375. The lowest BCUT2D eigenvalue weighted by Gasteiger charge is -2.08.